The Morgan fingerprint density at radius 2 is 2.00 bits per heavy atom. The minimum absolute atomic E-state index is 0.000383. The Balaban J connectivity index is 1.82. The van der Waals surface area contributed by atoms with Crippen molar-refractivity contribution in [1.29, 1.82) is 0 Å². The Morgan fingerprint density at radius 1 is 1.32 bits per heavy atom. The summed E-state index contributed by atoms with van der Waals surface area (Å²) in [5.41, 5.74) is 0.827. The third-order valence-corrected chi connectivity index (χ3v) is 4.72. The van der Waals surface area contributed by atoms with E-state index < -0.39 is 9.84 Å². The third-order valence-electron chi connectivity index (χ3n) is 3.59. The van der Waals surface area contributed by atoms with Crippen LogP contribution >= 0.6 is 0 Å². The molecule has 1 aromatic carbocycles. The molecule has 2 rings (SSSR count). The molecule has 1 aliphatic heterocycles. The molecule has 2 amide bonds. The molecule has 1 aliphatic rings. The largest absolute Gasteiger partial charge is 0.353 e. The number of carbonyl (C=O) groups excluding carboxylic acids is 2. The first kappa shape index (κ1) is 16.5. The SMILES string of the molecule is CS(=O)(=O)c1ccc(CNC(=O)CC2CCCC(=O)N2)cc1. The summed E-state index contributed by atoms with van der Waals surface area (Å²) in [5, 5.41) is 5.58. The summed E-state index contributed by atoms with van der Waals surface area (Å²) in [6.45, 7) is 0.337. The van der Waals surface area contributed by atoms with Gasteiger partial charge in [0.2, 0.25) is 11.8 Å². The molecule has 1 atom stereocenters. The summed E-state index contributed by atoms with van der Waals surface area (Å²) in [6, 6.07) is 6.32. The Morgan fingerprint density at radius 3 is 2.59 bits per heavy atom. The maximum Gasteiger partial charge on any atom is 0.222 e. The summed E-state index contributed by atoms with van der Waals surface area (Å²) in [5.74, 6) is -0.125. The number of sulfone groups is 1. The third kappa shape index (κ3) is 4.84. The average molecular weight is 324 g/mol. The molecular weight excluding hydrogens is 304 g/mol. The molecule has 7 heteroatoms. The molecule has 22 heavy (non-hydrogen) atoms. The molecule has 120 valence electrons. The predicted molar refractivity (Wildman–Crippen MR) is 81.8 cm³/mol. The first-order valence-electron chi connectivity index (χ1n) is 7.19. The number of carbonyl (C=O) groups is 2. The van der Waals surface area contributed by atoms with E-state index in [1.165, 1.54) is 12.1 Å². The van der Waals surface area contributed by atoms with E-state index in [1.54, 1.807) is 12.1 Å². The first-order chi connectivity index (χ1) is 10.3. The molecule has 0 spiro atoms. The molecule has 1 saturated heterocycles. The monoisotopic (exact) mass is 324 g/mol. The Labute approximate surface area is 130 Å². The highest BCUT2D eigenvalue weighted by atomic mass is 32.2. The fourth-order valence-electron chi connectivity index (χ4n) is 2.39. The van der Waals surface area contributed by atoms with Crippen LogP contribution in [0.5, 0.6) is 0 Å². The van der Waals surface area contributed by atoms with Crippen molar-refractivity contribution in [3.8, 4) is 0 Å². The lowest BCUT2D eigenvalue weighted by atomic mass is 10.0. The Hall–Kier alpha value is -1.89. The normalized spacial score (nSPS) is 18.6. The molecule has 0 saturated carbocycles. The highest BCUT2D eigenvalue weighted by molar-refractivity contribution is 7.90. The second-order valence-corrected chi connectivity index (χ2v) is 7.57. The van der Waals surface area contributed by atoms with Gasteiger partial charge in [-0.1, -0.05) is 12.1 Å². The van der Waals surface area contributed by atoms with Crippen molar-refractivity contribution < 1.29 is 18.0 Å². The van der Waals surface area contributed by atoms with E-state index in [9.17, 15) is 18.0 Å². The van der Waals surface area contributed by atoms with Crippen LogP contribution in [-0.2, 0) is 26.0 Å². The topological polar surface area (TPSA) is 92.3 Å². The van der Waals surface area contributed by atoms with E-state index in [2.05, 4.69) is 10.6 Å². The molecule has 1 fully saturated rings. The van der Waals surface area contributed by atoms with Crippen molar-refractivity contribution in [3.63, 3.8) is 0 Å². The summed E-state index contributed by atoms with van der Waals surface area (Å²) >= 11 is 0. The molecule has 0 bridgehead atoms. The molecule has 0 aliphatic carbocycles. The number of hydrogen-bond donors (Lipinski definition) is 2. The van der Waals surface area contributed by atoms with Gasteiger partial charge in [0.25, 0.3) is 0 Å². The smallest absolute Gasteiger partial charge is 0.222 e. The van der Waals surface area contributed by atoms with Crippen LogP contribution in [0.15, 0.2) is 29.2 Å². The van der Waals surface area contributed by atoms with Gasteiger partial charge in [0.05, 0.1) is 4.90 Å². The van der Waals surface area contributed by atoms with Crippen LogP contribution in [0.2, 0.25) is 0 Å². The number of hydrogen-bond acceptors (Lipinski definition) is 4. The highest BCUT2D eigenvalue weighted by Crippen LogP contribution is 2.12. The van der Waals surface area contributed by atoms with Crippen LogP contribution < -0.4 is 10.6 Å². The van der Waals surface area contributed by atoms with Gasteiger partial charge in [0.1, 0.15) is 0 Å². The molecule has 1 heterocycles. The number of amides is 2. The van der Waals surface area contributed by atoms with Crippen LogP contribution in [0.3, 0.4) is 0 Å². The predicted octanol–water partition coefficient (Wildman–Crippen LogP) is 0.765. The van der Waals surface area contributed by atoms with Gasteiger partial charge in [-0.15, -0.1) is 0 Å². The van der Waals surface area contributed by atoms with E-state index in [-0.39, 0.29) is 29.2 Å². The van der Waals surface area contributed by atoms with E-state index >= 15 is 0 Å². The van der Waals surface area contributed by atoms with Crippen LogP contribution in [-0.4, -0.2) is 32.5 Å². The van der Waals surface area contributed by atoms with Gasteiger partial charge in [-0.05, 0) is 30.5 Å². The van der Waals surface area contributed by atoms with Crippen molar-refractivity contribution >= 4 is 21.7 Å². The lowest BCUT2D eigenvalue weighted by molar-refractivity contribution is -0.125. The van der Waals surface area contributed by atoms with Gasteiger partial charge in [-0.25, -0.2) is 8.42 Å². The standard InChI is InChI=1S/C15H20N2O4S/c1-22(20,21)13-7-5-11(6-8-13)10-16-15(19)9-12-3-2-4-14(18)17-12/h5-8,12H,2-4,9-10H2,1H3,(H,16,19)(H,17,18). The van der Waals surface area contributed by atoms with E-state index in [1.807, 2.05) is 0 Å². The number of rotatable bonds is 5. The number of piperidine rings is 1. The Kier molecular flexibility index (Phi) is 5.18. The summed E-state index contributed by atoms with van der Waals surface area (Å²) in [4.78, 5) is 23.4. The van der Waals surface area contributed by atoms with Gasteiger partial charge in [0, 0.05) is 31.7 Å². The van der Waals surface area contributed by atoms with Crippen molar-refractivity contribution in [3.05, 3.63) is 29.8 Å². The summed E-state index contributed by atoms with van der Waals surface area (Å²) < 4.78 is 22.7. The molecule has 1 unspecified atom stereocenters. The first-order valence-corrected chi connectivity index (χ1v) is 9.09. The molecule has 1 aromatic rings. The van der Waals surface area contributed by atoms with E-state index in [4.69, 9.17) is 0 Å². The van der Waals surface area contributed by atoms with Crippen molar-refractivity contribution in [1.82, 2.24) is 10.6 Å². The zero-order valence-corrected chi connectivity index (χ0v) is 13.3. The highest BCUT2D eigenvalue weighted by Gasteiger charge is 2.20. The van der Waals surface area contributed by atoms with Gasteiger partial charge < -0.3 is 10.6 Å². The van der Waals surface area contributed by atoms with Crippen LogP contribution in [0.4, 0.5) is 0 Å². The molecule has 0 radical (unpaired) electrons. The minimum Gasteiger partial charge on any atom is -0.353 e. The maximum absolute atomic E-state index is 11.9. The van der Waals surface area contributed by atoms with Gasteiger partial charge in [-0.2, -0.15) is 0 Å². The van der Waals surface area contributed by atoms with Crippen molar-refractivity contribution in [2.45, 2.75) is 43.2 Å². The number of nitrogens with one attached hydrogen (secondary N) is 2. The van der Waals surface area contributed by atoms with Crippen LogP contribution in [0, 0.1) is 0 Å². The lowest BCUT2D eigenvalue weighted by Crippen LogP contribution is -2.41. The quantitative estimate of drug-likeness (QED) is 0.836. The Bertz CT molecular complexity index is 653. The molecular formula is C15H20N2O4S. The lowest BCUT2D eigenvalue weighted by Gasteiger charge is -2.22. The van der Waals surface area contributed by atoms with Crippen LogP contribution in [0.25, 0.3) is 0 Å². The summed E-state index contributed by atoms with van der Waals surface area (Å²) in [6.07, 6.45) is 3.60. The zero-order chi connectivity index (χ0) is 16.2. The van der Waals surface area contributed by atoms with E-state index in [0.29, 0.717) is 13.0 Å². The molecule has 0 aromatic heterocycles. The second kappa shape index (κ2) is 6.91. The minimum atomic E-state index is -3.20. The van der Waals surface area contributed by atoms with Crippen molar-refractivity contribution in [2.24, 2.45) is 0 Å². The van der Waals surface area contributed by atoms with Gasteiger partial charge >= 0.3 is 0 Å². The fraction of sp³-hybridized carbons (Fsp3) is 0.467. The molecule has 2 N–H and O–H groups in total. The zero-order valence-electron chi connectivity index (χ0n) is 12.5. The van der Waals surface area contributed by atoms with Crippen molar-refractivity contribution in [2.75, 3.05) is 6.26 Å². The number of benzene rings is 1. The van der Waals surface area contributed by atoms with Gasteiger partial charge in [0.15, 0.2) is 9.84 Å². The maximum atomic E-state index is 11.9. The fourth-order valence-corrected chi connectivity index (χ4v) is 3.02. The van der Waals surface area contributed by atoms with E-state index in [0.717, 1.165) is 24.7 Å². The molecule has 6 nitrogen and oxygen atoms in total. The summed E-state index contributed by atoms with van der Waals surface area (Å²) in [7, 11) is -3.20. The van der Waals surface area contributed by atoms with Crippen LogP contribution in [0.1, 0.15) is 31.2 Å². The average Bonchev–Trinajstić information content (AvgIpc) is 2.45. The second-order valence-electron chi connectivity index (χ2n) is 5.55. The van der Waals surface area contributed by atoms with Gasteiger partial charge in [-0.3, -0.25) is 9.59 Å².